The number of benzene rings is 3. The molecule has 4 heterocycles. The maximum absolute atomic E-state index is 14.6. The minimum Gasteiger partial charge on any atom is -0.465 e. The monoisotopic (exact) mass is 672 g/mol. The predicted octanol–water partition coefficient (Wildman–Crippen LogP) is 5.50. The number of nitrogens with one attached hydrogen (secondary N) is 2. The van der Waals surface area contributed by atoms with Gasteiger partial charge in [0.1, 0.15) is 18.4 Å². The molecule has 1 aliphatic rings. The lowest BCUT2D eigenvalue weighted by molar-refractivity contribution is -0.0298. The van der Waals surface area contributed by atoms with Gasteiger partial charge in [0.25, 0.3) is 11.5 Å². The number of carbonyl (C=O) groups is 2. The van der Waals surface area contributed by atoms with Crippen LogP contribution in [0.5, 0.6) is 0 Å². The third kappa shape index (κ3) is 6.30. The number of imidazole rings is 1. The number of ether oxygens (including phenoxy) is 2. The summed E-state index contributed by atoms with van der Waals surface area (Å²) in [4.78, 5) is 58.2. The number of hydrogen-bond acceptors (Lipinski definition) is 10. The second-order valence-corrected chi connectivity index (χ2v) is 12.0. The number of hydrogen-bond donors (Lipinski definition) is 2. The van der Waals surface area contributed by atoms with E-state index in [-0.39, 0.29) is 24.2 Å². The Morgan fingerprint density at radius 2 is 1.78 bits per heavy atom. The highest BCUT2D eigenvalue weighted by Gasteiger charge is 2.25. The van der Waals surface area contributed by atoms with Gasteiger partial charge in [-0.25, -0.2) is 24.7 Å². The fraction of sp³-hybridized carbons (Fsp3) is 0.270. The van der Waals surface area contributed by atoms with Crippen molar-refractivity contribution in [1.82, 2.24) is 34.4 Å². The molecule has 7 rings (SSSR count). The molecule has 6 aromatic rings. The van der Waals surface area contributed by atoms with E-state index in [2.05, 4.69) is 25.6 Å². The van der Waals surface area contributed by atoms with E-state index in [1.165, 1.54) is 25.6 Å². The van der Waals surface area contributed by atoms with E-state index in [0.717, 1.165) is 19.3 Å². The van der Waals surface area contributed by atoms with Crippen molar-refractivity contribution in [3.8, 4) is 5.69 Å². The molecule has 0 spiro atoms. The van der Waals surface area contributed by atoms with E-state index in [1.807, 2.05) is 47.9 Å². The van der Waals surface area contributed by atoms with Crippen molar-refractivity contribution in [3.05, 3.63) is 118 Å². The summed E-state index contributed by atoms with van der Waals surface area (Å²) in [5.74, 6) is 0.197. The molecule has 3 aromatic carbocycles. The smallest absolute Gasteiger partial charge is 0.337 e. The minimum absolute atomic E-state index is 0.0850. The first-order valence-corrected chi connectivity index (χ1v) is 16.6. The van der Waals surface area contributed by atoms with Crippen LogP contribution in [0.2, 0.25) is 0 Å². The summed E-state index contributed by atoms with van der Waals surface area (Å²) < 4.78 is 14.3. The van der Waals surface area contributed by atoms with Gasteiger partial charge in [0.15, 0.2) is 17.0 Å². The zero-order valence-electron chi connectivity index (χ0n) is 27.7. The maximum atomic E-state index is 14.6. The predicted molar refractivity (Wildman–Crippen MR) is 187 cm³/mol. The molecule has 0 saturated carbocycles. The number of esters is 1. The quantitative estimate of drug-likeness (QED) is 0.178. The van der Waals surface area contributed by atoms with E-state index < -0.39 is 12.0 Å². The molecule has 2 atom stereocenters. The second-order valence-electron chi connectivity index (χ2n) is 12.0. The van der Waals surface area contributed by atoms with Crippen molar-refractivity contribution in [2.45, 2.75) is 51.4 Å². The van der Waals surface area contributed by atoms with Crippen LogP contribution in [0, 0.1) is 0 Å². The number of para-hydroxylation sites is 1. The van der Waals surface area contributed by atoms with Gasteiger partial charge in [-0.15, -0.1) is 0 Å². The Kier molecular flexibility index (Phi) is 9.30. The summed E-state index contributed by atoms with van der Waals surface area (Å²) in [7, 11) is 1.30. The topological polar surface area (TPSA) is 155 Å². The molecule has 0 radical (unpaired) electrons. The Bertz CT molecular complexity index is 2230. The van der Waals surface area contributed by atoms with Crippen molar-refractivity contribution in [1.29, 1.82) is 0 Å². The Morgan fingerprint density at radius 1 is 0.980 bits per heavy atom. The Balaban J connectivity index is 1.24. The van der Waals surface area contributed by atoms with Gasteiger partial charge in [0.05, 0.1) is 41.6 Å². The van der Waals surface area contributed by atoms with Crippen LogP contribution in [0.4, 0.5) is 5.82 Å². The van der Waals surface area contributed by atoms with Gasteiger partial charge in [-0.3, -0.25) is 18.7 Å². The molecule has 1 unspecified atom stereocenters. The van der Waals surface area contributed by atoms with Gasteiger partial charge in [0, 0.05) is 18.7 Å². The molecule has 13 heteroatoms. The highest BCUT2D eigenvalue weighted by atomic mass is 16.5. The molecule has 1 fully saturated rings. The van der Waals surface area contributed by atoms with Crippen molar-refractivity contribution < 1.29 is 19.1 Å². The fourth-order valence-electron chi connectivity index (χ4n) is 6.30. The fourth-order valence-corrected chi connectivity index (χ4v) is 6.30. The zero-order valence-corrected chi connectivity index (χ0v) is 27.7. The van der Waals surface area contributed by atoms with Crippen molar-refractivity contribution in [2.75, 3.05) is 19.0 Å². The number of nitrogens with zero attached hydrogens (tertiary/aromatic N) is 6. The van der Waals surface area contributed by atoms with Crippen LogP contribution >= 0.6 is 0 Å². The first-order chi connectivity index (χ1) is 24.5. The summed E-state index contributed by atoms with van der Waals surface area (Å²) >= 11 is 0. The molecule has 50 heavy (non-hydrogen) atoms. The van der Waals surface area contributed by atoms with Gasteiger partial charge in [-0.1, -0.05) is 37.3 Å². The van der Waals surface area contributed by atoms with Gasteiger partial charge in [0.2, 0.25) is 0 Å². The van der Waals surface area contributed by atoms with E-state index in [9.17, 15) is 14.4 Å². The normalized spacial score (nSPS) is 15.1. The molecule has 0 bridgehead atoms. The van der Waals surface area contributed by atoms with Crippen LogP contribution < -0.4 is 16.2 Å². The van der Waals surface area contributed by atoms with Crippen LogP contribution in [0.3, 0.4) is 0 Å². The number of carbonyl (C=O) groups excluding carboxylic acids is 2. The van der Waals surface area contributed by atoms with Crippen LogP contribution in [0.15, 0.2) is 90.2 Å². The van der Waals surface area contributed by atoms with E-state index in [1.54, 1.807) is 35.2 Å². The number of rotatable bonds is 10. The van der Waals surface area contributed by atoms with Gasteiger partial charge < -0.3 is 20.1 Å². The summed E-state index contributed by atoms with van der Waals surface area (Å²) in [5, 5.41) is 6.82. The Hall–Kier alpha value is -5.95. The lowest BCUT2D eigenvalue weighted by Crippen LogP contribution is -2.30. The Labute approximate surface area is 287 Å². The largest absolute Gasteiger partial charge is 0.465 e. The summed E-state index contributed by atoms with van der Waals surface area (Å²) in [6.45, 7) is 2.80. The SMILES string of the molecule is CC[C@H](Nc1ncnc2c1ncn2C1CCCCO1)c1nc2cccc(CNC(=O)c3ccc(C(=O)OC)cc3)c2c(=O)n1-c1ccccc1. The molecule has 254 valence electrons. The van der Waals surface area contributed by atoms with Crippen LogP contribution in [0.25, 0.3) is 27.8 Å². The first-order valence-electron chi connectivity index (χ1n) is 16.6. The van der Waals surface area contributed by atoms with Crippen LogP contribution in [0.1, 0.15) is 77.0 Å². The molecular formula is C37H36N8O5. The van der Waals surface area contributed by atoms with E-state index >= 15 is 0 Å². The number of anilines is 1. The molecule has 13 nitrogen and oxygen atoms in total. The van der Waals surface area contributed by atoms with Crippen molar-refractivity contribution >= 4 is 39.8 Å². The third-order valence-corrected chi connectivity index (χ3v) is 8.89. The summed E-state index contributed by atoms with van der Waals surface area (Å²) in [5.41, 5.74) is 3.48. The first kappa shape index (κ1) is 32.6. The molecule has 1 saturated heterocycles. The highest BCUT2D eigenvalue weighted by Crippen LogP contribution is 2.30. The van der Waals surface area contributed by atoms with E-state index in [0.29, 0.717) is 69.1 Å². The van der Waals surface area contributed by atoms with Crippen molar-refractivity contribution in [3.63, 3.8) is 0 Å². The molecule has 1 aliphatic heterocycles. The molecule has 3 aromatic heterocycles. The molecule has 2 N–H and O–H groups in total. The molecule has 0 aliphatic carbocycles. The minimum atomic E-state index is -0.486. The highest BCUT2D eigenvalue weighted by molar-refractivity contribution is 5.96. The third-order valence-electron chi connectivity index (χ3n) is 8.89. The maximum Gasteiger partial charge on any atom is 0.337 e. The number of fused-ring (bicyclic) bond motifs is 2. The number of amides is 1. The lowest BCUT2D eigenvalue weighted by atomic mass is 10.1. The molecule has 1 amide bonds. The van der Waals surface area contributed by atoms with Gasteiger partial charge >= 0.3 is 5.97 Å². The molecular weight excluding hydrogens is 636 g/mol. The lowest BCUT2D eigenvalue weighted by Gasteiger charge is -2.24. The summed E-state index contributed by atoms with van der Waals surface area (Å²) in [6, 6.07) is 20.5. The zero-order chi connectivity index (χ0) is 34.6. The van der Waals surface area contributed by atoms with Crippen molar-refractivity contribution in [2.24, 2.45) is 0 Å². The summed E-state index contributed by atoms with van der Waals surface area (Å²) in [6.07, 6.45) is 6.69. The number of aromatic nitrogens is 6. The van der Waals surface area contributed by atoms with Gasteiger partial charge in [-0.2, -0.15) is 0 Å². The second kappa shape index (κ2) is 14.3. The Morgan fingerprint density at radius 3 is 2.52 bits per heavy atom. The average Bonchev–Trinajstić information content (AvgIpc) is 3.61. The number of methoxy groups -OCH3 is 1. The van der Waals surface area contributed by atoms with Crippen LogP contribution in [-0.2, 0) is 16.0 Å². The average molecular weight is 673 g/mol. The van der Waals surface area contributed by atoms with Gasteiger partial charge in [-0.05, 0) is 73.7 Å². The standard InChI is InChI=1S/C37H36N8O5/c1-3-27(42-32-31-34(40-21-39-32)44(22-41-31)29-14-7-8-19-50-29)33-43-28-13-9-10-25(30(28)36(47)45(33)26-11-5-4-6-12-26)20-38-35(46)23-15-17-24(18-16-23)37(48)49-2/h4-6,9-13,15-18,21-22,27,29H,3,7-8,14,19-20H2,1-2H3,(H,38,46)(H,39,40,42)/t27-,29?/m0/s1. The van der Waals surface area contributed by atoms with E-state index in [4.69, 9.17) is 14.5 Å². The van der Waals surface area contributed by atoms with Crippen LogP contribution in [-0.4, -0.2) is 54.7 Å².